The van der Waals surface area contributed by atoms with E-state index in [2.05, 4.69) is 10.0 Å². The minimum absolute atomic E-state index is 0.295. The fourth-order valence-corrected chi connectivity index (χ4v) is 4.12. The Morgan fingerprint density at radius 1 is 1.33 bits per heavy atom. The normalized spacial score (nSPS) is 18.4. The molecular formula is C15H24N2O3S. The van der Waals surface area contributed by atoms with E-state index in [-0.39, 0.29) is 5.54 Å². The van der Waals surface area contributed by atoms with Gasteiger partial charge in [-0.15, -0.1) is 0 Å². The highest BCUT2D eigenvalue weighted by molar-refractivity contribution is 7.89. The van der Waals surface area contributed by atoms with Crippen LogP contribution in [0.3, 0.4) is 0 Å². The molecule has 1 aliphatic heterocycles. The zero-order valence-electron chi connectivity index (χ0n) is 12.9. The van der Waals surface area contributed by atoms with Gasteiger partial charge in [-0.05, 0) is 70.5 Å². The first kappa shape index (κ1) is 16.3. The lowest BCUT2D eigenvalue weighted by atomic mass is 9.92. The van der Waals surface area contributed by atoms with Gasteiger partial charge in [0, 0.05) is 5.54 Å². The molecule has 118 valence electrons. The highest BCUT2D eigenvalue weighted by Crippen LogP contribution is 2.25. The predicted molar refractivity (Wildman–Crippen MR) is 83.2 cm³/mol. The summed E-state index contributed by atoms with van der Waals surface area (Å²) in [5.74, 6) is 0.726. The molecule has 0 bridgehead atoms. The summed E-state index contributed by atoms with van der Waals surface area (Å²) >= 11 is 0. The minimum atomic E-state index is -3.51. The molecule has 1 saturated heterocycles. The molecule has 0 saturated carbocycles. The van der Waals surface area contributed by atoms with E-state index in [0.29, 0.717) is 11.5 Å². The van der Waals surface area contributed by atoms with Crippen LogP contribution >= 0.6 is 0 Å². The molecule has 2 rings (SSSR count). The summed E-state index contributed by atoms with van der Waals surface area (Å²) in [4.78, 5) is 0.295. The van der Waals surface area contributed by atoms with E-state index in [1.165, 1.54) is 0 Å². The van der Waals surface area contributed by atoms with Crippen molar-refractivity contribution in [2.45, 2.75) is 44.0 Å². The number of nitrogens with one attached hydrogen (secondary N) is 2. The van der Waals surface area contributed by atoms with Crippen molar-refractivity contribution in [2.24, 2.45) is 0 Å². The lowest BCUT2D eigenvalue weighted by Gasteiger charge is -2.34. The Balaban J connectivity index is 2.21. The van der Waals surface area contributed by atoms with Gasteiger partial charge in [0.1, 0.15) is 5.75 Å². The molecule has 2 N–H and O–H groups in total. The molecule has 21 heavy (non-hydrogen) atoms. The molecule has 1 fully saturated rings. The first-order valence-corrected chi connectivity index (χ1v) is 8.83. The Hall–Kier alpha value is -1.11. The van der Waals surface area contributed by atoms with Crippen molar-refractivity contribution >= 4 is 10.0 Å². The molecule has 0 atom stereocenters. The first-order valence-electron chi connectivity index (χ1n) is 7.34. The molecule has 1 aromatic rings. The second-order valence-corrected chi connectivity index (χ2v) is 7.46. The number of hydrogen-bond donors (Lipinski definition) is 2. The summed E-state index contributed by atoms with van der Waals surface area (Å²) < 4.78 is 33.4. The smallest absolute Gasteiger partial charge is 0.241 e. The first-order chi connectivity index (χ1) is 9.86. The molecule has 1 aliphatic rings. The number of sulfonamides is 1. The minimum Gasteiger partial charge on any atom is -0.494 e. The van der Waals surface area contributed by atoms with Crippen molar-refractivity contribution in [3.63, 3.8) is 0 Å². The van der Waals surface area contributed by atoms with Crippen molar-refractivity contribution in [3.05, 3.63) is 23.8 Å². The number of aryl methyl sites for hydroxylation is 1. The summed E-state index contributed by atoms with van der Waals surface area (Å²) in [7, 11) is -3.51. The van der Waals surface area contributed by atoms with Crippen LogP contribution in [0.15, 0.2) is 23.1 Å². The summed E-state index contributed by atoms with van der Waals surface area (Å²) in [5.41, 5.74) is 0.450. The number of ether oxygens (including phenoxy) is 1. The van der Waals surface area contributed by atoms with Gasteiger partial charge in [0.15, 0.2) is 0 Å². The van der Waals surface area contributed by atoms with E-state index in [0.717, 1.165) is 37.2 Å². The van der Waals surface area contributed by atoms with Crippen LogP contribution in [0.1, 0.15) is 32.3 Å². The summed E-state index contributed by atoms with van der Waals surface area (Å²) in [6, 6.07) is 4.99. The second kappa shape index (κ2) is 6.34. The molecular weight excluding hydrogens is 288 g/mol. The maximum Gasteiger partial charge on any atom is 0.241 e. The monoisotopic (exact) mass is 312 g/mol. The Morgan fingerprint density at radius 2 is 2.00 bits per heavy atom. The predicted octanol–water partition coefficient (Wildman–Crippen LogP) is 1.81. The van der Waals surface area contributed by atoms with Crippen LogP contribution in [0.2, 0.25) is 0 Å². The highest BCUT2D eigenvalue weighted by atomic mass is 32.2. The lowest BCUT2D eigenvalue weighted by Crippen LogP contribution is -2.52. The third-order valence-corrected chi connectivity index (χ3v) is 5.48. The van der Waals surface area contributed by atoms with Crippen LogP contribution in [0.25, 0.3) is 0 Å². The van der Waals surface area contributed by atoms with Gasteiger partial charge in [0.05, 0.1) is 11.5 Å². The van der Waals surface area contributed by atoms with Gasteiger partial charge in [0.2, 0.25) is 10.0 Å². The lowest BCUT2D eigenvalue weighted by molar-refractivity contribution is 0.308. The largest absolute Gasteiger partial charge is 0.494 e. The van der Waals surface area contributed by atoms with Gasteiger partial charge in [-0.25, -0.2) is 13.1 Å². The van der Waals surface area contributed by atoms with E-state index in [9.17, 15) is 8.42 Å². The fourth-order valence-electron chi connectivity index (χ4n) is 2.57. The van der Waals surface area contributed by atoms with E-state index in [1.807, 2.05) is 20.8 Å². The summed E-state index contributed by atoms with van der Waals surface area (Å²) in [6.45, 7) is 7.96. The van der Waals surface area contributed by atoms with Crippen LogP contribution < -0.4 is 14.8 Å². The van der Waals surface area contributed by atoms with Crippen molar-refractivity contribution in [1.29, 1.82) is 0 Å². The molecule has 0 aliphatic carbocycles. The Morgan fingerprint density at radius 3 is 2.57 bits per heavy atom. The van der Waals surface area contributed by atoms with E-state index >= 15 is 0 Å². The number of rotatable bonds is 5. The van der Waals surface area contributed by atoms with E-state index in [4.69, 9.17) is 4.74 Å². The highest BCUT2D eigenvalue weighted by Gasteiger charge is 2.32. The quantitative estimate of drug-likeness (QED) is 0.870. The molecule has 0 radical (unpaired) electrons. The molecule has 5 nitrogen and oxygen atoms in total. The maximum atomic E-state index is 12.6. The van der Waals surface area contributed by atoms with E-state index in [1.54, 1.807) is 18.2 Å². The van der Waals surface area contributed by atoms with Crippen LogP contribution in [0.4, 0.5) is 0 Å². The van der Waals surface area contributed by atoms with Crippen molar-refractivity contribution < 1.29 is 13.2 Å². The zero-order chi connectivity index (χ0) is 15.5. The second-order valence-electron chi connectivity index (χ2n) is 5.78. The average molecular weight is 312 g/mol. The Kier molecular flexibility index (Phi) is 4.91. The fraction of sp³-hybridized carbons (Fsp3) is 0.600. The van der Waals surface area contributed by atoms with Gasteiger partial charge in [-0.2, -0.15) is 0 Å². The third-order valence-electron chi connectivity index (χ3n) is 3.84. The molecule has 0 unspecified atom stereocenters. The summed E-state index contributed by atoms with van der Waals surface area (Å²) in [6.07, 6.45) is 1.59. The number of benzene rings is 1. The standard InChI is InChI=1S/C15H24N2O3S/c1-4-20-14-6-5-13(11-12(14)2)21(18,19)17-15(3)7-9-16-10-8-15/h5-6,11,16-17H,4,7-10H2,1-3H3. The van der Waals surface area contributed by atoms with Crippen LogP contribution in [0.5, 0.6) is 5.75 Å². The zero-order valence-corrected chi connectivity index (χ0v) is 13.7. The number of hydrogen-bond acceptors (Lipinski definition) is 4. The molecule has 1 aromatic carbocycles. The van der Waals surface area contributed by atoms with E-state index < -0.39 is 10.0 Å². The summed E-state index contributed by atoms with van der Waals surface area (Å²) in [5, 5.41) is 3.24. The van der Waals surface area contributed by atoms with Crippen LogP contribution in [0, 0.1) is 6.92 Å². The molecule has 0 spiro atoms. The maximum absolute atomic E-state index is 12.6. The van der Waals surface area contributed by atoms with Gasteiger partial charge >= 0.3 is 0 Å². The van der Waals surface area contributed by atoms with Crippen LogP contribution in [-0.2, 0) is 10.0 Å². The van der Waals surface area contributed by atoms with Gasteiger partial charge in [-0.1, -0.05) is 0 Å². The van der Waals surface area contributed by atoms with Crippen LogP contribution in [-0.4, -0.2) is 33.7 Å². The Bertz CT molecular complexity index is 593. The molecule has 6 heteroatoms. The van der Waals surface area contributed by atoms with Crippen molar-refractivity contribution in [2.75, 3.05) is 19.7 Å². The molecule has 0 amide bonds. The van der Waals surface area contributed by atoms with Crippen molar-refractivity contribution in [1.82, 2.24) is 10.0 Å². The van der Waals surface area contributed by atoms with Crippen molar-refractivity contribution in [3.8, 4) is 5.75 Å². The number of piperidine rings is 1. The topological polar surface area (TPSA) is 67.4 Å². The Labute approximate surface area is 127 Å². The van der Waals surface area contributed by atoms with Gasteiger partial charge in [0.25, 0.3) is 0 Å². The molecule has 0 aromatic heterocycles. The average Bonchev–Trinajstić information content (AvgIpc) is 2.41. The van der Waals surface area contributed by atoms with Gasteiger partial charge in [-0.3, -0.25) is 0 Å². The molecule has 1 heterocycles. The third kappa shape index (κ3) is 3.96. The van der Waals surface area contributed by atoms with Gasteiger partial charge < -0.3 is 10.1 Å². The SMILES string of the molecule is CCOc1ccc(S(=O)(=O)NC2(C)CCNCC2)cc1C.